The summed E-state index contributed by atoms with van der Waals surface area (Å²) in [6.07, 6.45) is 6.59. The van der Waals surface area contributed by atoms with Crippen molar-refractivity contribution in [2.75, 3.05) is 19.8 Å². The Morgan fingerprint density at radius 1 is 1.29 bits per heavy atom. The molecule has 2 saturated heterocycles. The monoisotopic (exact) mass is 318 g/mol. The fraction of sp³-hybridized carbons (Fsp3) is 0.938. The van der Waals surface area contributed by atoms with E-state index in [0.717, 1.165) is 26.2 Å². The van der Waals surface area contributed by atoms with Crippen molar-refractivity contribution in [1.82, 2.24) is 10.6 Å². The van der Waals surface area contributed by atoms with Crippen LogP contribution in [0, 0.1) is 11.8 Å². The summed E-state index contributed by atoms with van der Waals surface area (Å²) in [7, 11) is 0. The molecule has 0 spiro atoms. The average molecular weight is 319 g/mol. The smallest absolute Gasteiger partial charge is 0.220 e. The van der Waals surface area contributed by atoms with E-state index in [0.29, 0.717) is 30.3 Å². The molecule has 4 nitrogen and oxygen atoms in total. The fourth-order valence-electron chi connectivity index (χ4n) is 3.40. The molecule has 0 aromatic carbocycles. The number of fused-ring (bicyclic) bond motifs is 2. The highest BCUT2D eigenvalue weighted by atomic mass is 35.5. The van der Waals surface area contributed by atoms with Gasteiger partial charge in [0.25, 0.3) is 0 Å². The van der Waals surface area contributed by atoms with Gasteiger partial charge in [-0.05, 0) is 43.9 Å². The van der Waals surface area contributed by atoms with Gasteiger partial charge in [-0.2, -0.15) is 0 Å². The Labute approximate surface area is 135 Å². The maximum Gasteiger partial charge on any atom is 0.220 e. The van der Waals surface area contributed by atoms with Crippen LogP contribution in [0.15, 0.2) is 0 Å². The van der Waals surface area contributed by atoms with Crippen LogP contribution in [0.3, 0.4) is 0 Å². The van der Waals surface area contributed by atoms with Crippen molar-refractivity contribution in [2.45, 2.75) is 64.5 Å². The number of nitrogens with one attached hydrogen (secondary N) is 2. The van der Waals surface area contributed by atoms with E-state index in [4.69, 9.17) is 4.74 Å². The molecule has 124 valence electrons. The highest BCUT2D eigenvalue weighted by Crippen LogP contribution is 2.32. The molecule has 2 aliphatic rings. The summed E-state index contributed by atoms with van der Waals surface area (Å²) in [4.78, 5) is 11.9. The van der Waals surface area contributed by atoms with Crippen molar-refractivity contribution in [3.8, 4) is 0 Å². The number of amides is 1. The summed E-state index contributed by atoms with van der Waals surface area (Å²) < 4.78 is 5.50. The first-order valence-corrected chi connectivity index (χ1v) is 8.24. The second-order valence-corrected chi connectivity index (χ2v) is 6.85. The van der Waals surface area contributed by atoms with Crippen LogP contribution in [-0.2, 0) is 9.53 Å². The van der Waals surface area contributed by atoms with Crippen LogP contribution >= 0.6 is 12.4 Å². The molecule has 0 radical (unpaired) electrons. The van der Waals surface area contributed by atoms with Crippen LogP contribution in [0.25, 0.3) is 0 Å². The van der Waals surface area contributed by atoms with Gasteiger partial charge in [-0.25, -0.2) is 0 Å². The van der Waals surface area contributed by atoms with Crippen LogP contribution in [0.5, 0.6) is 0 Å². The molecule has 5 heteroatoms. The van der Waals surface area contributed by atoms with Crippen molar-refractivity contribution < 1.29 is 9.53 Å². The zero-order valence-corrected chi connectivity index (χ0v) is 14.2. The zero-order chi connectivity index (χ0) is 14.4. The largest absolute Gasteiger partial charge is 0.381 e. The summed E-state index contributed by atoms with van der Waals surface area (Å²) in [5.41, 5.74) is 0. The summed E-state index contributed by atoms with van der Waals surface area (Å²) in [5.74, 6) is 1.39. The van der Waals surface area contributed by atoms with Gasteiger partial charge in [-0.1, -0.05) is 13.8 Å². The lowest BCUT2D eigenvalue weighted by Gasteiger charge is -2.28. The molecule has 2 heterocycles. The number of piperidine rings is 1. The van der Waals surface area contributed by atoms with Gasteiger partial charge in [-0.15, -0.1) is 12.4 Å². The van der Waals surface area contributed by atoms with Crippen molar-refractivity contribution in [2.24, 2.45) is 11.8 Å². The number of carbonyl (C=O) groups is 1. The minimum absolute atomic E-state index is 0. The van der Waals surface area contributed by atoms with E-state index in [2.05, 4.69) is 24.5 Å². The molecule has 0 aromatic heterocycles. The van der Waals surface area contributed by atoms with E-state index in [9.17, 15) is 4.79 Å². The molecule has 2 N–H and O–H groups in total. The second kappa shape index (κ2) is 9.65. The number of carbonyl (C=O) groups excluding carboxylic acids is 1. The topological polar surface area (TPSA) is 50.4 Å². The maximum atomic E-state index is 11.9. The summed E-state index contributed by atoms with van der Waals surface area (Å²) in [6, 6.07) is 1.35. The number of hydrogen-bond acceptors (Lipinski definition) is 3. The van der Waals surface area contributed by atoms with Gasteiger partial charge in [0, 0.05) is 38.3 Å². The Hall–Kier alpha value is -0.320. The first-order chi connectivity index (χ1) is 9.63. The molecule has 2 bridgehead atoms. The Balaban J connectivity index is 0.00000220. The third kappa shape index (κ3) is 6.98. The molecule has 1 amide bonds. The average Bonchev–Trinajstić information content (AvgIpc) is 2.72. The summed E-state index contributed by atoms with van der Waals surface area (Å²) in [5, 5.41) is 6.65. The number of ether oxygens (including phenoxy) is 1. The molecule has 2 fully saturated rings. The van der Waals surface area contributed by atoms with Crippen LogP contribution < -0.4 is 10.6 Å². The van der Waals surface area contributed by atoms with E-state index in [1.165, 1.54) is 25.7 Å². The molecule has 2 unspecified atom stereocenters. The molecule has 0 aliphatic carbocycles. The van der Waals surface area contributed by atoms with Gasteiger partial charge < -0.3 is 15.4 Å². The fourth-order valence-corrected chi connectivity index (χ4v) is 3.40. The third-order valence-electron chi connectivity index (χ3n) is 4.28. The Morgan fingerprint density at radius 2 is 1.95 bits per heavy atom. The minimum Gasteiger partial charge on any atom is -0.381 e. The number of rotatable bonds is 8. The number of halogens is 1. The first kappa shape index (κ1) is 18.7. The van der Waals surface area contributed by atoms with Crippen LogP contribution in [0.2, 0.25) is 0 Å². The minimum atomic E-state index is 0. The Kier molecular flexibility index (Phi) is 8.60. The standard InChI is InChI=1S/C16H30N2O2.ClH/c1-12(2)11-20-7-3-6-17-16(19)10-13-8-14-4-5-15(9-13)18-14;/h12-15,18H,3-11H2,1-2H3,(H,17,19);1H. The quantitative estimate of drug-likeness (QED) is 0.676. The molecule has 2 aliphatic heterocycles. The zero-order valence-electron chi connectivity index (χ0n) is 13.4. The van der Waals surface area contributed by atoms with Gasteiger partial charge in [0.05, 0.1) is 0 Å². The van der Waals surface area contributed by atoms with Crippen LogP contribution in [0.1, 0.15) is 52.4 Å². The van der Waals surface area contributed by atoms with Crippen molar-refractivity contribution in [1.29, 1.82) is 0 Å². The first-order valence-electron chi connectivity index (χ1n) is 8.24. The van der Waals surface area contributed by atoms with Crippen molar-refractivity contribution in [3.63, 3.8) is 0 Å². The number of hydrogen-bond donors (Lipinski definition) is 2. The summed E-state index contributed by atoms with van der Waals surface area (Å²) in [6.45, 7) is 6.60. The van der Waals surface area contributed by atoms with Gasteiger partial charge in [0.2, 0.25) is 5.91 Å². The predicted molar refractivity (Wildman–Crippen MR) is 87.8 cm³/mol. The molecular weight excluding hydrogens is 288 g/mol. The lowest BCUT2D eigenvalue weighted by molar-refractivity contribution is -0.122. The highest BCUT2D eigenvalue weighted by molar-refractivity contribution is 5.85. The van der Waals surface area contributed by atoms with Crippen molar-refractivity contribution in [3.05, 3.63) is 0 Å². The normalized spacial score (nSPS) is 27.5. The van der Waals surface area contributed by atoms with Gasteiger partial charge in [0.15, 0.2) is 0 Å². The van der Waals surface area contributed by atoms with E-state index >= 15 is 0 Å². The third-order valence-corrected chi connectivity index (χ3v) is 4.28. The van der Waals surface area contributed by atoms with E-state index in [-0.39, 0.29) is 18.3 Å². The Bertz CT molecular complexity index is 301. The highest BCUT2D eigenvalue weighted by Gasteiger charge is 2.33. The van der Waals surface area contributed by atoms with E-state index in [1.54, 1.807) is 0 Å². The maximum absolute atomic E-state index is 11.9. The SMILES string of the molecule is CC(C)COCCCNC(=O)CC1CC2CCC(C1)N2.Cl. The van der Waals surface area contributed by atoms with Crippen molar-refractivity contribution >= 4 is 18.3 Å². The molecule has 2 rings (SSSR count). The lowest BCUT2D eigenvalue weighted by atomic mass is 9.89. The van der Waals surface area contributed by atoms with Crippen LogP contribution in [-0.4, -0.2) is 37.7 Å². The van der Waals surface area contributed by atoms with Gasteiger partial charge in [0.1, 0.15) is 0 Å². The second-order valence-electron chi connectivity index (χ2n) is 6.85. The van der Waals surface area contributed by atoms with Crippen LogP contribution in [0.4, 0.5) is 0 Å². The van der Waals surface area contributed by atoms with E-state index in [1.807, 2.05) is 0 Å². The lowest BCUT2D eigenvalue weighted by Crippen LogP contribution is -2.39. The summed E-state index contributed by atoms with van der Waals surface area (Å²) >= 11 is 0. The van der Waals surface area contributed by atoms with Gasteiger partial charge in [-0.3, -0.25) is 4.79 Å². The van der Waals surface area contributed by atoms with E-state index < -0.39 is 0 Å². The van der Waals surface area contributed by atoms with Gasteiger partial charge >= 0.3 is 0 Å². The Morgan fingerprint density at radius 3 is 2.57 bits per heavy atom. The molecule has 0 aromatic rings. The predicted octanol–water partition coefficient (Wildman–Crippen LogP) is 2.51. The molecule has 2 atom stereocenters. The molecular formula is C16H31ClN2O2. The molecule has 21 heavy (non-hydrogen) atoms. The molecule has 0 saturated carbocycles.